The van der Waals surface area contributed by atoms with Crippen LogP contribution in [0.2, 0.25) is 0 Å². The highest BCUT2D eigenvalue weighted by Gasteiger charge is 2.29. The minimum absolute atomic E-state index is 0.162. The third kappa shape index (κ3) is 3.03. The van der Waals surface area contributed by atoms with Crippen LogP contribution in [0.4, 0.5) is 0 Å². The highest BCUT2D eigenvalue weighted by Crippen LogP contribution is 2.38. The number of aromatic carboxylic acids is 1. The summed E-state index contributed by atoms with van der Waals surface area (Å²) in [7, 11) is 0. The third-order valence-corrected chi connectivity index (χ3v) is 5.14. The number of nitrogens with zero attached hydrogens (tertiary/aromatic N) is 2. The molecule has 3 aromatic rings. The van der Waals surface area contributed by atoms with Crippen LogP contribution < -0.4 is 0 Å². The van der Waals surface area contributed by atoms with E-state index in [4.69, 9.17) is 5.10 Å². The zero-order valence-electron chi connectivity index (χ0n) is 14.6. The Kier molecular flexibility index (Phi) is 4.57. The van der Waals surface area contributed by atoms with Gasteiger partial charge >= 0.3 is 5.97 Å². The van der Waals surface area contributed by atoms with Gasteiger partial charge < -0.3 is 5.11 Å². The van der Waals surface area contributed by atoms with E-state index >= 15 is 0 Å². The van der Waals surface area contributed by atoms with Crippen molar-refractivity contribution >= 4 is 5.97 Å². The minimum atomic E-state index is -0.913. The van der Waals surface area contributed by atoms with Crippen molar-refractivity contribution in [2.45, 2.75) is 38.1 Å². The second kappa shape index (κ2) is 7.16. The Labute approximate surface area is 153 Å². The molecule has 26 heavy (non-hydrogen) atoms. The van der Waals surface area contributed by atoms with Crippen LogP contribution in [0.5, 0.6) is 0 Å². The quantitative estimate of drug-likeness (QED) is 0.686. The van der Waals surface area contributed by atoms with Crippen molar-refractivity contribution < 1.29 is 9.90 Å². The zero-order valence-corrected chi connectivity index (χ0v) is 14.6. The van der Waals surface area contributed by atoms with Crippen molar-refractivity contribution in [2.24, 2.45) is 0 Å². The van der Waals surface area contributed by atoms with Crippen molar-refractivity contribution in [2.75, 3.05) is 0 Å². The van der Waals surface area contributed by atoms with Crippen molar-refractivity contribution in [3.05, 3.63) is 66.4 Å². The standard InChI is InChI=1S/C22H22N2O2/c25-22(26)21-19(16-10-4-1-5-11-16)20(17-12-6-2-7-13-17)23-24(21)18-14-8-3-9-15-18/h1-2,4-7,10-13,18H,3,8-9,14-15H2,(H,25,26). The maximum atomic E-state index is 12.2. The first-order valence-corrected chi connectivity index (χ1v) is 9.22. The van der Waals surface area contributed by atoms with Crippen molar-refractivity contribution in [3.63, 3.8) is 0 Å². The molecule has 0 atom stereocenters. The van der Waals surface area contributed by atoms with E-state index in [2.05, 4.69) is 0 Å². The average Bonchev–Trinajstić information content (AvgIpc) is 3.11. The van der Waals surface area contributed by atoms with Crippen LogP contribution in [-0.4, -0.2) is 20.9 Å². The molecule has 0 amide bonds. The molecule has 132 valence electrons. The normalized spacial score (nSPS) is 15.1. The number of rotatable bonds is 4. The summed E-state index contributed by atoms with van der Waals surface area (Å²) in [4.78, 5) is 12.2. The lowest BCUT2D eigenvalue weighted by Crippen LogP contribution is -2.19. The fourth-order valence-corrected chi connectivity index (χ4v) is 3.91. The van der Waals surface area contributed by atoms with E-state index in [-0.39, 0.29) is 6.04 Å². The van der Waals surface area contributed by atoms with Crippen LogP contribution in [0, 0.1) is 0 Å². The van der Waals surface area contributed by atoms with Crippen molar-refractivity contribution in [1.82, 2.24) is 9.78 Å². The number of carboxylic acids is 1. The highest BCUT2D eigenvalue weighted by molar-refractivity contribution is 5.99. The number of carboxylic acid groups (broad SMARTS) is 1. The molecule has 1 saturated carbocycles. The number of hydrogen-bond donors (Lipinski definition) is 1. The highest BCUT2D eigenvalue weighted by atomic mass is 16.4. The molecule has 0 aliphatic heterocycles. The number of aromatic nitrogens is 2. The maximum absolute atomic E-state index is 12.2. The average molecular weight is 346 g/mol. The van der Waals surface area contributed by atoms with E-state index in [1.54, 1.807) is 4.68 Å². The lowest BCUT2D eigenvalue weighted by molar-refractivity contribution is 0.0679. The van der Waals surface area contributed by atoms with Gasteiger partial charge in [0.05, 0.1) is 6.04 Å². The van der Waals surface area contributed by atoms with Crippen LogP contribution in [0.15, 0.2) is 60.7 Å². The molecule has 1 N–H and O–H groups in total. The summed E-state index contributed by atoms with van der Waals surface area (Å²) >= 11 is 0. The van der Waals surface area contributed by atoms with Crippen LogP contribution in [0.3, 0.4) is 0 Å². The predicted octanol–water partition coefficient (Wildman–Crippen LogP) is 5.42. The molecule has 0 spiro atoms. The first-order valence-electron chi connectivity index (χ1n) is 9.22. The van der Waals surface area contributed by atoms with Crippen molar-refractivity contribution in [1.29, 1.82) is 0 Å². The third-order valence-electron chi connectivity index (χ3n) is 5.14. The summed E-state index contributed by atoms with van der Waals surface area (Å²) in [5.74, 6) is -0.913. The van der Waals surface area contributed by atoms with E-state index in [1.807, 2.05) is 60.7 Å². The van der Waals surface area contributed by atoms with Gasteiger partial charge in [-0.2, -0.15) is 5.10 Å². The van der Waals surface area contributed by atoms with Gasteiger partial charge in [0.25, 0.3) is 0 Å². The molecule has 1 heterocycles. The summed E-state index contributed by atoms with van der Waals surface area (Å²) in [6, 6.07) is 19.8. The van der Waals surface area contributed by atoms with E-state index < -0.39 is 5.97 Å². The van der Waals surface area contributed by atoms with Crippen LogP contribution in [-0.2, 0) is 0 Å². The summed E-state index contributed by atoms with van der Waals surface area (Å²) in [5, 5.41) is 14.9. The Bertz CT molecular complexity index is 895. The Hall–Kier alpha value is -2.88. The summed E-state index contributed by atoms with van der Waals surface area (Å²) in [5.41, 5.74) is 3.62. The molecular formula is C22H22N2O2. The Balaban J connectivity index is 1.96. The molecule has 1 fully saturated rings. The molecule has 0 unspecified atom stereocenters. The molecule has 1 aliphatic carbocycles. The predicted molar refractivity (Wildman–Crippen MR) is 102 cm³/mol. The smallest absolute Gasteiger partial charge is 0.354 e. The SMILES string of the molecule is O=C(O)c1c(-c2ccccc2)c(-c2ccccc2)nn1C1CCCCC1. The monoisotopic (exact) mass is 346 g/mol. The van der Waals surface area contributed by atoms with E-state index in [9.17, 15) is 9.90 Å². The zero-order chi connectivity index (χ0) is 17.9. The van der Waals surface area contributed by atoms with Gasteiger partial charge in [0.2, 0.25) is 0 Å². The largest absolute Gasteiger partial charge is 0.477 e. The van der Waals surface area contributed by atoms with Gasteiger partial charge in [0.1, 0.15) is 5.69 Å². The molecular weight excluding hydrogens is 324 g/mol. The summed E-state index contributed by atoms with van der Waals surface area (Å²) in [6.45, 7) is 0. The first-order chi connectivity index (χ1) is 12.8. The summed E-state index contributed by atoms with van der Waals surface area (Å²) < 4.78 is 1.78. The molecule has 0 saturated heterocycles. The van der Waals surface area contributed by atoms with Gasteiger partial charge in [0.15, 0.2) is 5.69 Å². The Morgan fingerprint density at radius 2 is 1.46 bits per heavy atom. The van der Waals surface area contributed by atoms with Crippen LogP contribution >= 0.6 is 0 Å². The van der Waals surface area contributed by atoms with E-state index in [0.29, 0.717) is 5.69 Å². The second-order valence-electron chi connectivity index (χ2n) is 6.85. The maximum Gasteiger partial charge on any atom is 0.354 e. The van der Waals surface area contributed by atoms with Gasteiger partial charge in [-0.05, 0) is 18.4 Å². The number of benzene rings is 2. The lowest BCUT2D eigenvalue weighted by atomic mass is 9.95. The number of carbonyl (C=O) groups is 1. The topological polar surface area (TPSA) is 55.1 Å². The molecule has 0 radical (unpaired) electrons. The van der Waals surface area contributed by atoms with Gasteiger partial charge in [0, 0.05) is 11.1 Å². The van der Waals surface area contributed by atoms with Crippen molar-refractivity contribution in [3.8, 4) is 22.4 Å². The molecule has 2 aromatic carbocycles. The van der Waals surface area contributed by atoms with Crippen LogP contribution in [0.1, 0.15) is 48.6 Å². The lowest BCUT2D eigenvalue weighted by Gasteiger charge is -2.23. The molecule has 4 nitrogen and oxygen atoms in total. The minimum Gasteiger partial charge on any atom is -0.477 e. The van der Waals surface area contributed by atoms with Gasteiger partial charge in [-0.1, -0.05) is 79.9 Å². The van der Waals surface area contributed by atoms with Gasteiger partial charge in [-0.3, -0.25) is 4.68 Å². The van der Waals surface area contributed by atoms with E-state index in [1.165, 1.54) is 6.42 Å². The van der Waals surface area contributed by atoms with Crippen LogP contribution in [0.25, 0.3) is 22.4 Å². The Morgan fingerprint density at radius 3 is 2.04 bits per heavy atom. The van der Waals surface area contributed by atoms with E-state index in [0.717, 1.165) is 48.1 Å². The fourth-order valence-electron chi connectivity index (χ4n) is 3.91. The molecule has 0 bridgehead atoms. The molecule has 4 heteroatoms. The first kappa shape index (κ1) is 16.6. The molecule has 1 aliphatic rings. The summed E-state index contributed by atoms with van der Waals surface area (Å²) in [6.07, 6.45) is 5.46. The number of hydrogen-bond acceptors (Lipinski definition) is 2. The second-order valence-corrected chi connectivity index (χ2v) is 6.85. The van der Waals surface area contributed by atoms with Gasteiger partial charge in [-0.25, -0.2) is 4.79 Å². The van der Waals surface area contributed by atoms with Gasteiger partial charge in [-0.15, -0.1) is 0 Å². The molecule has 1 aromatic heterocycles. The Morgan fingerprint density at radius 1 is 0.885 bits per heavy atom. The molecule has 4 rings (SSSR count). The fraction of sp³-hybridized carbons (Fsp3) is 0.273.